The Morgan fingerprint density at radius 2 is 1.95 bits per heavy atom. The summed E-state index contributed by atoms with van der Waals surface area (Å²) in [5, 5.41) is 4.04. The van der Waals surface area contributed by atoms with E-state index in [1.54, 1.807) is 11.3 Å². The average molecular weight is 292 g/mol. The molecule has 0 aliphatic rings. The van der Waals surface area contributed by atoms with E-state index in [1.807, 2.05) is 33.8 Å². The quantitative estimate of drug-likeness (QED) is 0.851. The monoisotopic (exact) mass is 292 g/mol. The first kappa shape index (κ1) is 13.9. The zero-order valence-corrected chi connectivity index (χ0v) is 13.0. The molecule has 6 heteroatoms. The van der Waals surface area contributed by atoms with Crippen molar-refractivity contribution in [3.63, 3.8) is 0 Å². The second kappa shape index (κ2) is 5.22. The van der Waals surface area contributed by atoms with Crippen LogP contribution in [0, 0.1) is 27.7 Å². The van der Waals surface area contributed by atoms with Gasteiger partial charge in [-0.05, 0) is 39.3 Å². The Kier molecular flexibility index (Phi) is 3.82. The lowest BCUT2D eigenvalue weighted by Crippen LogP contribution is -2.15. The second-order valence-corrected chi connectivity index (χ2v) is 6.10. The van der Waals surface area contributed by atoms with Gasteiger partial charge in [0.05, 0.1) is 11.3 Å². The van der Waals surface area contributed by atoms with Gasteiger partial charge < -0.3 is 11.1 Å². The fourth-order valence-corrected chi connectivity index (χ4v) is 2.94. The van der Waals surface area contributed by atoms with Crippen molar-refractivity contribution < 1.29 is 0 Å². The molecule has 0 saturated heterocycles. The summed E-state index contributed by atoms with van der Waals surface area (Å²) in [5.41, 5.74) is 9.54. The molecule has 0 bridgehead atoms. The minimum Gasteiger partial charge on any atom is -0.389 e. The van der Waals surface area contributed by atoms with Crippen molar-refractivity contribution in [1.29, 1.82) is 0 Å². The number of anilines is 2. The van der Waals surface area contributed by atoms with Gasteiger partial charge in [0, 0.05) is 10.6 Å². The molecule has 19 heavy (non-hydrogen) atoms. The van der Waals surface area contributed by atoms with Gasteiger partial charge >= 0.3 is 0 Å². The summed E-state index contributed by atoms with van der Waals surface area (Å²) >= 11 is 6.70. The highest BCUT2D eigenvalue weighted by Crippen LogP contribution is 2.27. The fraction of sp³-hybridized carbons (Fsp3) is 0.308. The topological polar surface area (TPSA) is 63.8 Å². The number of aromatic nitrogens is 2. The maximum absolute atomic E-state index is 5.79. The summed E-state index contributed by atoms with van der Waals surface area (Å²) in [6.45, 7) is 7.95. The van der Waals surface area contributed by atoms with E-state index in [-0.39, 0.29) is 0 Å². The molecule has 0 aliphatic heterocycles. The standard InChI is InChI=1S/C13H16N4S2/c1-6-5-7(2)15-12(10(6)11(14)18)17-13-16-8(3)9(4)19-13/h5H,1-4H3,(H2,14,18)(H,15,16,17). The molecule has 0 spiro atoms. The van der Waals surface area contributed by atoms with E-state index in [0.29, 0.717) is 10.8 Å². The first-order valence-electron chi connectivity index (χ1n) is 5.87. The highest BCUT2D eigenvalue weighted by molar-refractivity contribution is 7.80. The predicted molar refractivity (Wildman–Crippen MR) is 84.5 cm³/mol. The minimum absolute atomic E-state index is 0.345. The lowest BCUT2D eigenvalue weighted by Gasteiger charge is -2.12. The molecule has 0 atom stereocenters. The number of rotatable bonds is 3. The highest BCUT2D eigenvalue weighted by Gasteiger charge is 2.13. The zero-order chi connectivity index (χ0) is 14.2. The molecule has 3 N–H and O–H groups in total. The number of nitrogens with one attached hydrogen (secondary N) is 1. The van der Waals surface area contributed by atoms with Crippen molar-refractivity contribution in [2.45, 2.75) is 27.7 Å². The number of thiazole rings is 1. The smallest absolute Gasteiger partial charge is 0.188 e. The number of hydrogen-bond acceptors (Lipinski definition) is 5. The van der Waals surface area contributed by atoms with Crippen molar-refractivity contribution >= 4 is 39.5 Å². The molecule has 2 aromatic rings. The molecule has 0 amide bonds. The Labute approximate surface area is 122 Å². The van der Waals surface area contributed by atoms with Crippen LogP contribution in [0.15, 0.2) is 6.07 Å². The summed E-state index contributed by atoms with van der Waals surface area (Å²) in [6, 6.07) is 1.97. The highest BCUT2D eigenvalue weighted by atomic mass is 32.1. The van der Waals surface area contributed by atoms with Crippen LogP contribution in [0.4, 0.5) is 10.9 Å². The summed E-state index contributed by atoms with van der Waals surface area (Å²) in [6.07, 6.45) is 0. The molecule has 0 fully saturated rings. The molecule has 2 aromatic heterocycles. The van der Waals surface area contributed by atoms with Crippen LogP contribution in [0.1, 0.15) is 27.4 Å². The van der Waals surface area contributed by atoms with E-state index in [0.717, 1.165) is 27.6 Å². The van der Waals surface area contributed by atoms with E-state index in [1.165, 1.54) is 4.88 Å². The lowest BCUT2D eigenvalue weighted by atomic mass is 10.1. The van der Waals surface area contributed by atoms with Gasteiger partial charge in [0.15, 0.2) is 5.13 Å². The van der Waals surface area contributed by atoms with Gasteiger partial charge in [-0.2, -0.15) is 0 Å². The molecule has 2 heterocycles. The van der Waals surface area contributed by atoms with Crippen LogP contribution in [0.25, 0.3) is 0 Å². The van der Waals surface area contributed by atoms with Crippen molar-refractivity contribution in [1.82, 2.24) is 9.97 Å². The number of nitrogens with zero attached hydrogens (tertiary/aromatic N) is 2. The van der Waals surface area contributed by atoms with Crippen LogP contribution in [0.5, 0.6) is 0 Å². The van der Waals surface area contributed by atoms with E-state index < -0.39 is 0 Å². The summed E-state index contributed by atoms with van der Waals surface area (Å²) in [4.78, 5) is 10.5. The third kappa shape index (κ3) is 2.90. The van der Waals surface area contributed by atoms with Crippen LogP contribution in [0.2, 0.25) is 0 Å². The normalized spacial score (nSPS) is 10.5. The van der Waals surface area contributed by atoms with E-state index >= 15 is 0 Å². The minimum atomic E-state index is 0.345. The van der Waals surface area contributed by atoms with E-state index in [2.05, 4.69) is 15.3 Å². The molecule has 2 rings (SSSR count). The first-order valence-corrected chi connectivity index (χ1v) is 7.10. The Bertz CT molecular complexity index is 627. The van der Waals surface area contributed by atoms with E-state index in [4.69, 9.17) is 18.0 Å². The summed E-state index contributed by atoms with van der Waals surface area (Å²) in [7, 11) is 0. The predicted octanol–water partition coefficient (Wildman–Crippen LogP) is 3.15. The summed E-state index contributed by atoms with van der Waals surface area (Å²) < 4.78 is 0. The maximum atomic E-state index is 5.79. The van der Waals surface area contributed by atoms with Crippen molar-refractivity contribution in [3.05, 3.63) is 33.5 Å². The lowest BCUT2D eigenvalue weighted by molar-refractivity contribution is 1.16. The van der Waals surface area contributed by atoms with Gasteiger partial charge in [-0.15, -0.1) is 11.3 Å². The van der Waals surface area contributed by atoms with Crippen LogP contribution >= 0.6 is 23.6 Å². The maximum Gasteiger partial charge on any atom is 0.188 e. The SMILES string of the molecule is Cc1cc(C)c(C(N)=S)c(Nc2nc(C)c(C)s2)n1. The Morgan fingerprint density at radius 1 is 1.26 bits per heavy atom. The second-order valence-electron chi connectivity index (χ2n) is 4.45. The number of hydrogen-bond donors (Lipinski definition) is 2. The molecule has 0 radical (unpaired) electrons. The Morgan fingerprint density at radius 3 is 2.47 bits per heavy atom. The molecular weight excluding hydrogens is 276 g/mol. The van der Waals surface area contributed by atoms with Gasteiger partial charge in [-0.25, -0.2) is 9.97 Å². The van der Waals surface area contributed by atoms with Gasteiger partial charge in [0.1, 0.15) is 10.8 Å². The Hall–Kier alpha value is -1.53. The molecular formula is C13H16N4S2. The van der Waals surface area contributed by atoms with Crippen LogP contribution in [-0.4, -0.2) is 15.0 Å². The van der Waals surface area contributed by atoms with Crippen LogP contribution in [0.3, 0.4) is 0 Å². The van der Waals surface area contributed by atoms with Crippen molar-refractivity contribution in [2.24, 2.45) is 5.73 Å². The third-order valence-corrected chi connectivity index (χ3v) is 4.04. The number of pyridine rings is 1. The molecule has 0 saturated carbocycles. The molecule has 0 unspecified atom stereocenters. The van der Waals surface area contributed by atoms with Gasteiger partial charge in [-0.3, -0.25) is 0 Å². The fourth-order valence-electron chi connectivity index (χ4n) is 1.87. The number of nitrogens with two attached hydrogens (primary N) is 1. The van der Waals surface area contributed by atoms with Crippen molar-refractivity contribution in [2.75, 3.05) is 5.32 Å². The van der Waals surface area contributed by atoms with Crippen LogP contribution < -0.4 is 11.1 Å². The number of thiocarbonyl (C=S) groups is 1. The van der Waals surface area contributed by atoms with Gasteiger partial charge in [-0.1, -0.05) is 12.2 Å². The summed E-state index contributed by atoms with van der Waals surface area (Å²) in [5.74, 6) is 0.679. The van der Waals surface area contributed by atoms with Crippen molar-refractivity contribution in [3.8, 4) is 0 Å². The molecule has 0 aromatic carbocycles. The average Bonchev–Trinajstić information content (AvgIpc) is 2.55. The molecule has 100 valence electrons. The Balaban J connectivity index is 2.46. The largest absolute Gasteiger partial charge is 0.389 e. The van der Waals surface area contributed by atoms with Crippen LogP contribution in [-0.2, 0) is 0 Å². The number of aryl methyl sites for hydroxylation is 4. The molecule has 0 aliphatic carbocycles. The first-order chi connectivity index (χ1) is 8.88. The third-order valence-electron chi connectivity index (χ3n) is 2.84. The molecule has 4 nitrogen and oxygen atoms in total. The van der Waals surface area contributed by atoms with Gasteiger partial charge in [0.2, 0.25) is 0 Å². The zero-order valence-electron chi connectivity index (χ0n) is 11.4. The van der Waals surface area contributed by atoms with Gasteiger partial charge in [0.25, 0.3) is 0 Å². The van der Waals surface area contributed by atoms with E-state index in [9.17, 15) is 0 Å².